The third-order valence-electron chi connectivity index (χ3n) is 5.11. The molecule has 0 spiro atoms. The smallest absolute Gasteiger partial charge is 0.270 e. The Balaban J connectivity index is 1.63. The number of fused-ring (bicyclic) bond motifs is 1. The van der Waals surface area contributed by atoms with Crippen molar-refractivity contribution in [2.24, 2.45) is 0 Å². The van der Waals surface area contributed by atoms with Crippen LogP contribution >= 0.6 is 11.6 Å². The van der Waals surface area contributed by atoms with Crippen molar-refractivity contribution >= 4 is 17.5 Å². The number of rotatable bonds is 3. The average molecular weight is 397 g/mol. The number of nitrogens with one attached hydrogen (secondary N) is 1. The van der Waals surface area contributed by atoms with E-state index in [9.17, 15) is 4.79 Å². The van der Waals surface area contributed by atoms with Crippen molar-refractivity contribution in [3.63, 3.8) is 0 Å². The molecule has 3 heterocycles. The summed E-state index contributed by atoms with van der Waals surface area (Å²) in [5.41, 5.74) is 6.07. The molecule has 3 aromatic rings. The van der Waals surface area contributed by atoms with Crippen molar-refractivity contribution in [2.45, 2.75) is 33.4 Å². The molecule has 0 saturated carbocycles. The van der Waals surface area contributed by atoms with Crippen LogP contribution in [0.3, 0.4) is 0 Å². The van der Waals surface area contributed by atoms with Crippen LogP contribution in [0.5, 0.6) is 0 Å². The van der Waals surface area contributed by atoms with E-state index in [2.05, 4.69) is 15.4 Å². The van der Waals surface area contributed by atoms with Crippen LogP contribution in [0.15, 0.2) is 36.7 Å². The van der Waals surface area contributed by atoms with Crippen LogP contribution in [-0.4, -0.2) is 27.3 Å². The molecule has 0 bridgehead atoms. The van der Waals surface area contributed by atoms with Gasteiger partial charge >= 0.3 is 0 Å². The monoisotopic (exact) mass is 396 g/mol. The van der Waals surface area contributed by atoms with Gasteiger partial charge in [0.1, 0.15) is 5.69 Å². The number of halogens is 1. The molecule has 4 rings (SSSR count). The van der Waals surface area contributed by atoms with Gasteiger partial charge in [-0.05, 0) is 49.6 Å². The molecule has 6 nitrogen and oxygen atoms in total. The first kappa shape index (κ1) is 18.7. The number of aryl methyl sites for hydroxylation is 3. The summed E-state index contributed by atoms with van der Waals surface area (Å²) in [6.07, 6.45) is 3.49. The van der Waals surface area contributed by atoms with Gasteiger partial charge < -0.3 is 10.1 Å². The van der Waals surface area contributed by atoms with E-state index in [0.29, 0.717) is 23.9 Å². The molecule has 1 atom stereocenters. The van der Waals surface area contributed by atoms with E-state index in [-0.39, 0.29) is 11.9 Å². The summed E-state index contributed by atoms with van der Waals surface area (Å²) in [6.45, 7) is 6.68. The number of hydrogen-bond donors (Lipinski definition) is 1. The Kier molecular flexibility index (Phi) is 4.91. The number of carbonyl (C=O) groups excluding carboxylic acids is 1. The highest BCUT2D eigenvalue weighted by Gasteiger charge is 2.28. The highest BCUT2D eigenvalue weighted by molar-refractivity contribution is 6.33. The van der Waals surface area contributed by atoms with Crippen LogP contribution in [0.4, 0.5) is 0 Å². The second kappa shape index (κ2) is 7.37. The molecule has 0 fully saturated rings. The topological polar surface area (TPSA) is 69.0 Å². The van der Waals surface area contributed by atoms with Gasteiger partial charge in [-0.1, -0.05) is 23.7 Å². The highest BCUT2D eigenvalue weighted by atomic mass is 35.5. The van der Waals surface area contributed by atoms with Crippen LogP contribution < -0.4 is 5.32 Å². The Morgan fingerprint density at radius 2 is 2.04 bits per heavy atom. The molecule has 0 aliphatic carbocycles. The molecule has 28 heavy (non-hydrogen) atoms. The molecule has 1 N–H and O–H groups in total. The Morgan fingerprint density at radius 3 is 2.82 bits per heavy atom. The molecule has 1 aliphatic rings. The van der Waals surface area contributed by atoms with E-state index >= 15 is 0 Å². The molecular formula is C21H21ClN4O2. The van der Waals surface area contributed by atoms with Crippen LogP contribution in [0.1, 0.15) is 44.5 Å². The van der Waals surface area contributed by atoms with E-state index in [1.165, 1.54) is 0 Å². The fraction of sp³-hybridized carbons (Fsp3) is 0.286. The van der Waals surface area contributed by atoms with Crippen LogP contribution in [-0.2, 0) is 11.3 Å². The first-order chi connectivity index (χ1) is 13.5. The van der Waals surface area contributed by atoms with Gasteiger partial charge in [0.2, 0.25) is 0 Å². The van der Waals surface area contributed by atoms with Gasteiger partial charge in [0.15, 0.2) is 0 Å². The normalized spacial score (nSPS) is 15.9. The Hall–Kier alpha value is -2.70. The molecule has 2 aromatic heterocycles. The maximum Gasteiger partial charge on any atom is 0.270 e. The quantitative estimate of drug-likeness (QED) is 0.730. The molecule has 1 aliphatic heterocycles. The van der Waals surface area contributed by atoms with Crippen LogP contribution in [0.25, 0.3) is 5.69 Å². The molecule has 1 amide bonds. The largest absolute Gasteiger partial charge is 0.373 e. The van der Waals surface area contributed by atoms with Gasteiger partial charge in [-0.2, -0.15) is 5.10 Å². The summed E-state index contributed by atoms with van der Waals surface area (Å²) < 4.78 is 7.53. The minimum Gasteiger partial charge on any atom is -0.373 e. The number of ether oxygens (including phenoxy) is 1. The van der Waals surface area contributed by atoms with Crippen molar-refractivity contribution in [2.75, 3.05) is 6.61 Å². The number of amides is 1. The lowest BCUT2D eigenvalue weighted by atomic mass is 10.1. The van der Waals surface area contributed by atoms with E-state index in [1.807, 2.05) is 39.0 Å². The van der Waals surface area contributed by atoms with Gasteiger partial charge in [0.25, 0.3) is 5.91 Å². The van der Waals surface area contributed by atoms with Crippen molar-refractivity contribution in [3.05, 3.63) is 75.3 Å². The third-order valence-corrected chi connectivity index (χ3v) is 5.60. The Bertz CT molecular complexity index is 1060. The molecule has 0 radical (unpaired) electrons. The maximum absolute atomic E-state index is 12.7. The first-order valence-corrected chi connectivity index (χ1v) is 9.47. The van der Waals surface area contributed by atoms with E-state index < -0.39 is 0 Å². The van der Waals surface area contributed by atoms with Crippen molar-refractivity contribution in [1.29, 1.82) is 0 Å². The maximum atomic E-state index is 12.7. The lowest BCUT2D eigenvalue weighted by molar-refractivity contribution is 0.0684. The minimum absolute atomic E-state index is 0.231. The zero-order chi connectivity index (χ0) is 19.8. The van der Waals surface area contributed by atoms with Crippen molar-refractivity contribution < 1.29 is 9.53 Å². The van der Waals surface area contributed by atoms with Gasteiger partial charge in [0, 0.05) is 11.8 Å². The second-order valence-corrected chi connectivity index (χ2v) is 7.44. The molecular weight excluding hydrogens is 376 g/mol. The van der Waals surface area contributed by atoms with Crippen LogP contribution in [0.2, 0.25) is 5.02 Å². The van der Waals surface area contributed by atoms with Gasteiger partial charge in [-0.25, -0.2) is 4.68 Å². The van der Waals surface area contributed by atoms with E-state index in [4.69, 9.17) is 16.3 Å². The molecule has 1 aromatic carbocycles. The Labute approximate surface area is 168 Å². The number of pyridine rings is 1. The van der Waals surface area contributed by atoms with Crippen LogP contribution in [0, 0.1) is 20.8 Å². The van der Waals surface area contributed by atoms with E-state index in [0.717, 1.165) is 33.6 Å². The summed E-state index contributed by atoms with van der Waals surface area (Å²) in [5.74, 6) is -0.231. The second-order valence-electron chi connectivity index (χ2n) is 7.06. The summed E-state index contributed by atoms with van der Waals surface area (Å²) in [6, 6.07) is 7.32. The molecule has 144 valence electrons. The predicted octanol–water partition coefficient (Wildman–Crippen LogP) is 3.85. The first-order valence-electron chi connectivity index (χ1n) is 9.10. The van der Waals surface area contributed by atoms with Crippen molar-refractivity contribution in [3.8, 4) is 5.69 Å². The van der Waals surface area contributed by atoms with Gasteiger partial charge in [-0.3, -0.25) is 9.78 Å². The molecule has 1 unspecified atom stereocenters. The summed E-state index contributed by atoms with van der Waals surface area (Å²) in [4.78, 5) is 16.9. The lowest BCUT2D eigenvalue weighted by Gasteiger charge is -2.24. The average Bonchev–Trinajstić information content (AvgIpc) is 3.11. The number of benzene rings is 1. The number of carbonyl (C=O) groups is 1. The fourth-order valence-electron chi connectivity index (χ4n) is 3.29. The van der Waals surface area contributed by atoms with E-state index in [1.54, 1.807) is 23.1 Å². The fourth-order valence-corrected chi connectivity index (χ4v) is 3.49. The standard InChI is InChI=1S/C21H21ClN4O2/c1-12-5-4-6-18(20(12)22)26-19-11-28-10-17(15(19)9-24-26)25-21(27)16-7-13(2)14(3)8-23-16/h4-9,17H,10-11H2,1-3H3,(H,25,27). The zero-order valence-corrected chi connectivity index (χ0v) is 16.7. The van der Waals surface area contributed by atoms with Gasteiger partial charge in [-0.15, -0.1) is 0 Å². The summed E-state index contributed by atoms with van der Waals surface area (Å²) in [5, 5.41) is 8.18. The number of aromatic nitrogens is 3. The summed E-state index contributed by atoms with van der Waals surface area (Å²) in [7, 11) is 0. The van der Waals surface area contributed by atoms with Gasteiger partial charge in [0.05, 0.1) is 41.9 Å². The zero-order valence-electron chi connectivity index (χ0n) is 16.0. The lowest BCUT2D eigenvalue weighted by Crippen LogP contribution is -2.34. The SMILES string of the molecule is Cc1cnc(C(=O)NC2COCc3c2cnn3-c2cccc(C)c2Cl)cc1C. The molecule has 7 heteroatoms. The Morgan fingerprint density at radius 1 is 1.21 bits per heavy atom. The predicted molar refractivity (Wildman–Crippen MR) is 107 cm³/mol. The molecule has 0 saturated heterocycles. The number of hydrogen-bond acceptors (Lipinski definition) is 4. The van der Waals surface area contributed by atoms with Crippen molar-refractivity contribution in [1.82, 2.24) is 20.1 Å². The summed E-state index contributed by atoms with van der Waals surface area (Å²) >= 11 is 6.48. The number of nitrogens with zero attached hydrogens (tertiary/aromatic N) is 3. The third kappa shape index (κ3) is 3.30. The minimum atomic E-state index is -0.294. The highest BCUT2D eigenvalue weighted by Crippen LogP contribution is 2.30.